The molecular formula is C20H16. The van der Waals surface area contributed by atoms with Gasteiger partial charge < -0.3 is 0 Å². The van der Waals surface area contributed by atoms with E-state index in [4.69, 9.17) is 0 Å². The zero-order valence-electron chi connectivity index (χ0n) is 11.8. The molecule has 3 aromatic carbocycles. The van der Waals surface area contributed by atoms with Gasteiger partial charge in [-0.05, 0) is 33.0 Å². The number of benzene rings is 3. The van der Waals surface area contributed by atoms with Crippen LogP contribution in [0.25, 0.3) is 10.8 Å². The fourth-order valence-corrected chi connectivity index (χ4v) is 4.83. The van der Waals surface area contributed by atoms with E-state index in [0.717, 1.165) is 0 Å². The molecule has 3 aromatic rings. The largest absolute Gasteiger partial charge is 0.0619 e. The maximum Gasteiger partial charge on any atom is 0.0318 e. The second kappa shape index (κ2) is 2.98. The van der Waals surface area contributed by atoms with Crippen LogP contribution in [-0.4, -0.2) is 0 Å². The SMILES string of the molecule is C[C@@]12c3ccccc3[C@]1(C)c1cccc3cccc2c13. The van der Waals surface area contributed by atoms with Gasteiger partial charge in [0.2, 0.25) is 0 Å². The van der Waals surface area contributed by atoms with E-state index in [-0.39, 0.29) is 10.8 Å². The van der Waals surface area contributed by atoms with Crippen molar-refractivity contribution < 1.29 is 0 Å². The lowest BCUT2D eigenvalue weighted by Gasteiger charge is -2.54. The first-order valence-electron chi connectivity index (χ1n) is 7.32. The molecule has 0 nitrogen and oxygen atoms in total. The van der Waals surface area contributed by atoms with Gasteiger partial charge in [-0.1, -0.05) is 74.5 Å². The molecule has 0 heterocycles. The molecular weight excluding hydrogens is 240 g/mol. The molecule has 0 heteroatoms. The highest BCUT2D eigenvalue weighted by molar-refractivity contribution is 5.98. The molecule has 20 heavy (non-hydrogen) atoms. The van der Waals surface area contributed by atoms with E-state index in [1.807, 2.05) is 0 Å². The molecule has 0 unspecified atom stereocenters. The molecule has 0 saturated carbocycles. The molecule has 96 valence electrons. The van der Waals surface area contributed by atoms with Crippen LogP contribution in [0.15, 0.2) is 60.7 Å². The Balaban J connectivity index is 2.04. The Bertz CT molecular complexity index is 820. The monoisotopic (exact) mass is 256 g/mol. The molecule has 0 aromatic heterocycles. The zero-order valence-corrected chi connectivity index (χ0v) is 11.8. The van der Waals surface area contributed by atoms with Crippen LogP contribution in [0.3, 0.4) is 0 Å². The van der Waals surface area contributed by atoms with Gasteiger partial charge in [-0.2, -0.15) is 0 Å². The van der Waals surface area contributed by atoms with Crippen molar-refractivity contribution >= 4 is 10.8 Å². The second-order valence-electron chi connectivity index (χ2n) is 6.50. The van der Waals surface area contributed by atoms with Gasteiger partial charge in [0.1, 0.15) is 0 Å². The average molecular weight is 256 g/mol. The van der Waals surface area contributed by atoms with Crippen molar-refractivity contribution in [1.82, 2.24) is 0 Å². The maximum absolute atomic E-state index is 2.42. The lowest BCUT2D eigenvalue weighted by atomic mass is 9.47. The molecule has 2 atom stereocenters. The van der Waals surface area contributed by atoms with E-state index in [1.54, 1.807) is 0 Å². The third kappa shape index (κ3) is 0.816. The highest BCUT2D eigenvalue weighted by Crippen LogP contribution is 2.68. The van der Waals surface area contributed by atoms with Gasteiger partial charge in [-0.25, -0.2) is 0 Å². The first kappa shape index (κ1) is 10.7. The van der Waals surface area contributed by atoms with E-state index in [0.29, 0.717) is 0 Å². The smallest absolute Gasteiger partial charge is 0.0318 e. The zero-order chi connectivity index (χ0) is 13.5. The summed E-state index contributed by atoms with van der Waals surface area (Å²) in [7, 11) is 0. The second-order valence-corrected chi connectivity index (χ2v) is 6.50. The average Bonchev–Trinajstić information content (AvgIpc) is 2.67. The summed E-state index contributed by atoms with van der Waals surface area (Å²) in [5, 5.41) is 2.86. The van der Waals surface area contributed by atoms with Gasteiger partial charge in [0, 0.05) is 10.8 Å². The normalized spacial score (nSPS) is 28.9. The Morgan fingerprint density at radius 1 is 0.550 bits per heavy atom. The summed E-state index contributed by atoms with van der Waals surface area (Å²) in [5.74, 6) is 0. The fourth-order valence-electron chi connectivity index (χ4n) is 4.83. The van der Waals surface area contributed by atoms with Crippen LogP contribution in [0.4, 0.5) is 0 Å². The van der Waals surface area contributed by atoms with Crippen LogP contribution in [0.2, 0.25) is 0 Å². The van der Waals surface area contributed by atoms with Crippen molar-refractivity contribution in [2.24, 2.45) is 0 Å². The van der Waals surface area contributed by atoms with Crippen molar-refractivity contribution in [3.05, 3.63) is 82.9 Å². The summed E-state index contributed by atoms with van der Waals surface area (Å²) in [5.41, 5.74) is 6.29. The van der Waals surface area contributed by atoms with Crippen molar-refractivity contribution in [2.75, 3.05) is 0 Å². The molecule has 0 amide bonds. The number of fused-ring (bicyclic) bond motifs is 6. The summed E-state index contributed by atoms with van der Waals surface area (Å²) in [6.45, 7) is 4.84. The highest BCUT2D eigenvalue weighted by Gasteiger charge is 2.63. The Hall–Kier alpha value is -2.08. The molecule has 0 radical (unpaired) electrons. The van der Waals surface area contributed by atoms with Crippen molar-refractivity contribution in [3.8, 4) is 0 Å². The van der Waals surface area contributed by atoms with E-state index in [9.17, 15) is 0 Å². The summed E-state index contributed by atoms with van der Waals surface area (Å²) in [6.07, 6.45) is 0. The Morgan fingerprint density at radius 3 is 1.50 bits per heavy atom. The standard InChI is InChI=1S/C20H16/c1-19-14-9-3-4-10-15(14)20(19,2)17-12-6-8-13-7-5-11-16(19)18(13)17/h3-12H,1-2H3/t19-,20+. The molecule has 0 aliphatic heterocycles. The van der Waals surface area contributed by atoms with Crippen LogP contribution in [-0.2, 0) is 10.8 Å². The van der Waals surface area contributed by atoms with E-state index in [2.05, 4.69) is 74.5 Å². The highest BCUT2D eigenvalue weighted by atomic mass is 14.6. The third-order valence-electron chi connectivity index (χ3n) is 5.99. The minimum Gasteiger partial charge on any atom is -0.0619 e. The Kier molecular flexibility index (Phi) is 1.59. The summed E-state index contributed by atoms with van der Waals surface area (Å²) >= 11 is 0. The van der Waals surface area contributed by atoms with Crippen molar-refractivity contribution in [2.45, 2.75) is 24.7 Å². The predicted molar refractivity (Wildman–Crippen MR) is 83.3 cm³/mol. The van der Waals surface area contributed by atoms with E-state index >= 15 is 0 Å². The van der Waals surface area contributed by atoms with E-state index in [1.165, 1.54) is 33.0 Å². The first-order valence-corrected chi connectivity index (χ1v) is 7.32. The molecule has 0 spiro atoms. The molecule has 0 saturated heterocycles. The molecule has 0 fully saturated rings. The first-order chi connectivity index (χ1) is 9.69. The molecule has 0 N–H and O–H groups in total. The summed E-state index contributed by atoms with van der Waals surface area (Å²) in [6, 6.07) is 22.5. The van der Waals surface area contributed by atoms with Gasteiger partial charge in [0.15, 0.2) is 0 Å². The minimum absolute atomic E-state index is 0.132. The lowest BCUT2D eigenvalue weighted by Crippen LogP contribution is -2.53. The fraction of sp³-hybridized carbons (Fsp3) is 0.200. The van der Waals surface area contributed by atoms with Crippen LogP contribution < -0.4 is 0 Å². The predicted octanol–water partition coefficient (Wildman–Crippen LogP) is 4.78. The Labute approximate surface area is 119 Å². The molecule has 2 aliphatic carbocycles. The maximum atomic E-state index is 2.42. The lowest BCUT2D eigenvalue weighted by molar-refractivity contribution is 0.315. The van der Waals surface area contributed by atoms with Crippen LogP contribution >= 0.6 is 0 Å². The Morgan fingerprint density at radius 2 is 1.00 bits per heavy atom. The molecule has 5 rings (SSSR count). The molecule has 2 aliphatic rings. The van der Waals surface area contributed by atoms with Crippen LogP contribution in [0.5, 0.6) is 0 Å². The van der Waals surface area contributed by atoms with Crippen molar-refractivity contribution in [3.63, 3.8) is 0 Å². The van der Waals surface area contributed by atoms with Gasteiger partial charge in [0.25, 0.3) is 0 Å². The quantitative estimate of drug-likeness (QED) is 0.543. The van der Waals surface area contributed by atoms with Gasteiger partial charge >= 0.3 is 0 Å². The van der Waals surface area contributed by atoms with Crippen molar-refractivity contribution in [1.29, 1.82) is 0 Å². The molecule has 0 bridgehead atoms. The van der Waals surface area contributed by atoms with Gasteiger partial charge in [-0.3, -0.25) is 0 Å². The summed E-state index contributed by atoms with van der Waals surface area (Å²) < 4.78 is 0. The van der Waals surface area contributed by atoms with Gasteiger partial charge in [-0.15, -0.1) is 0 Å². The number of hydrogen-bond acceptors (Lipinski definition) is 0. The van der Waals surface area contributed by atoms with Gasteiger partial charge in [0.05, 0.1) is 0 Å². The van der Waals surface area contributed by atoms with Crippen LogP contribution in [0.1, 0.15) is 36.1 Å². The minimum atomic E-state index is 0.132. The third-order valence-corrected chi connectivity index (χ3v) is 5.99. The van der Waals surface area contributed by atoms with E-state index < -0.39 is 0 Å². The van der Waals surface area contributed by atoms with Crippen LogP contribution in [0, 0.1) is 0 Å². The number of hydrogen-bond donors (Lipinski definition) is 0. The number of rotatable bonds is 0. The summed E-state index contributed by atoms with van der Waals surface area (Å²) in [4.78, 5) is 0. The topological polar surface area (TPSA) is 0 Å².